The number of nitriles is 1. The van der Waals surface area contributed by atoms with E-state index < -0.39 is 10.0 Å². The van der Waals surface area contributed by atoms with Crippen LogP contribution in [0.15, 0.2) is 53.4 Å². The van der Waals surface area contributed by atoms with Crippen LogP contribution in [0.5, 0.6) is 0 Å². The predicted octanol–water partition coefficient (Wildman–Crippen LogP) is 2.97. The summed E-state index contributed by atoms with van der Waals surface area (Å²) in [6.07, 6.45) is 0. The van der Waals surface area contributed by atoms with Gasteiger partial charge in [-0.1, -0.05) is 23.5 Å². The number of fused-ring (bicyclic) bond motifs is 1. The number of thiazole rings is 1. The fraction of sp³-hybridized carbons (Fsp3) is 0. The zero-order valence-electron chi connectivity index (χ0n) is 10.6. The molecule has 3 rings (SSSR count). The van der Waals surface area contributed by atoms with Crippen molar-refractivity contribution in [2.45, 2.75) is 4.90 Å². The van der Waals surface area contributed by atoms with Crippen LogP contribution in [0.25, 0.3) is 10.2 Å². The number of hydrogen-bond donors (Lipinski definition) is 1. The first-order valence-electron chi connectivity index (χ1n) is 5.97. The number of aromatic nitrogens is 1. The van der Waals surface area contributed by atoms with Gasteiger partial charge in [-0.2, -0.15) is 5.26 Å². The van der Waals surface area contributed by atoms with Crippen molar-refractivity contribution in [2.24, 2.45) is 0 Å². The number of sulfonamides is 1. The summed E-state index contributed by atoms with van der Waals surface area (Å²) in [7, 11) is -3.70. The summed E-state index contributed by atoms with van der Waals surface area (Å²) in [5.41, 5.74) is 1.16. The smallest absolute Gasteiger partial charge is 0.255 e. The van der Waals surface area contributed by atoms with E-state index in [-0.39, 0.29) is 4.90 Å². The van der Waals surface area contributed by atoms with E-state index in [1.807, 2.05) is 30.3 Å². The first-order chi connectivity index (χ1) is 10.1. The minimum Gasteiger partial charge on any atom is -0.255 e. The lowest BCUT2D eigenvalue weighted by atomic mass is 10.2. The van der Waals surface area contributed by atoms with Crippen molar-refractivity contribution in [2.75, 3.05) is 4.72 Å². The summed E-state index contributed by atoms with van der Waals surface area (Å²) in [5.74, 6) is 0. The molecule has 0 saturated carbocycles. The van der Waals surface area contributed by atoms with E-state index in [4.69, 9.17) is 5.26 Å². The third-order valence-electron chi connectivity index (χ3n) is 2.81. The Kier molecular flexibility index (Phi) is 3.33. The Morgan fingerprint density at radius 3 is 2.48 bits per heavy atom. The molecule has 0 fully saturated rings. The Labute approximate surface area is 125 Å². The molecule has 104 valence electrons. The van der Waals surface area contributed by atoms with Gasteiger partial charge in [-0.05, 0) is 36.4 Å². The molecule has 0 saturated heterocycles. The maximum atomic E-state index is 12.3. The van der Waals surface area contributed by atoms with Gasteiger partial charge in [-0.3, -0.25) is 4.72 Å². The second-order valence-corrected chi connectivity index (χ2v) is 6.94. The summed E-state index contributed by atoms with van der Waals surface area (Å²) in [4.78, 5) is 4.33. The number of nitrogens with one attached hydrogen (secondary N) is 1. The molecular weight excluding hydrogens is 306 g/mol. The molecule has 0 aliphatic rings. The topological polar surface area (TPSA) is 82.8 Å². The Hall–Kier alpha value is -2.43. The van der Waals surface area contributed by atoms with E-state index in [1.54, 1.807) is 0 Å². The Morgan fingerprint density at radius 1 is 1.10 bits per heavy atom. The van der Waals surface area contributed by atoms with Gasteiger partial charge >= 0.3 is 0 Å². The molecule has 1 N–H and O–H groups in total. The van der Waals surface area contributed by atoms with E-state index in [9.17, 15) is 8.42 Å². The van der Waals surface area contributed by atoms with Crippen LogP contribution < -0.4 is 4.72 Å². The Bertz CT molecular complexity index is 905. The van der Waals surface area contributed by atoms with Crippen molar-refractivity contribution in [3.63, 3.8) is 0 Å². The van der Waals surface area contributed by atoms with Crippen LogP contribution in [-0.4, -0.2) is 13.4 Å². The number of anilines is 1. The van der Waals surface area contributed by atoms with Crippen molar-refractivity contribution in [1.29, 1.82) is 5.26 Å². The molecule has 1 aromatic heterocycles. The van der Waals surface area contributed by atoms with E-state index in [1.165, 1.54) is 35.6 Å². The first kappa shape index (κ1) is 13.5. The van der Waals surface area contributed by atoms with Gasteiger partial charge in [0.05, 0.1) is 26.7 Å². The third-order valence-corrected chi connectivity index (χ3v) is 5.25. The maximum absolute atomic E-state index is 12.3. The lowest BCUT2D eigenvalue weighted by Crippen LogP contribution is -2.12. The van der Waals surface area contributed by atoms with Gasteiger partial charge in [0.2, 0.25) is 0 Å². The molecule has 7 heteroatoms. The Balaban J connectivity index is 1.93. The normalized spacial score (nSPS) is 11.2. The third kappa shape index (κ3) is 2.72. The van der Waals surface area contributed by atoms with Crippen LogP contribution in [0.3, 0.4) is 0 Å². The SMILES string of the molecule is N#Cc1ccc(S(=O)(=O)Nc2nc3ccccc3s2)cc1. The molecule has 2 aromatic carbocycles. The van der Waals surface area contributed by atoms with E-state index in [0.29, 0.717) is 10.7 Å². The molecule has 0 bridgehead atoms. The summed E-state index contributed by atoms with van der Waals surface area (Å²) in [6, 6.07) is 15.1. The van der Waals surface area contributed by atoms with Crippen LogP contribution in [0.1, 0.15) is 5.56 Å². The zero-order chi connectivity index (χ0) is 14.9. The number of benzene rings is 2. The molecule has 0 amide bonds. The van der Waals surface area contributed by atoms with Crippen molar-refractivity contribution in [3.05, 3.63) is 54.1 Å². The van der Waals surface area contributed by atoms with E-state index in [0.717, 1.165) is 10.2 Å². The standard InChI is InChI=1S/C14H9N3O2S2/c15-9-10-5-7-11(8-6-10)21(18,19)17-14-16-12-3-1-2-4-13(12)20-14/h1-8H,(H,16,17). The highest BCUT2D eigenvalue weighted by Gasteiger charge is 2.16. The number of hydrogen-bond acceptors (Lipinski definition) is 5. The van der Waals surface area contributed by atoms with Gasteiger partial charge in [0.15, 0.2) is 5.13 Å². The quantitative estimate of drug-likeness (QED) is 0.805. The van der Waals surface area contributed by atoms with Crippen LogP contribution in [0, 0.1) is 11.3 Å². The highest BCUT2D eigenvalue weighted by atomic mass is 32.2. The van der Waals surface area contributed by atoms with Gasteiger partial charge in [0.25, 0.3) is 10.0 Å². The van der Waals surface area contributed by atoms with Gasteiger partial charge < -0.3 is 0 Å². The summed E-state index contributed by atoms with van der Waals surface area (Å²) < 4.78 is 27.9. The van der Waals surface area contributed by atoms with Gasteiger partial charge in [-0.15, -0.1) is 0 Å². The van der Waals surface area contributed by atoms with Crippen LogP contribution in [0.4, 0.5) is 5.13 Å². The molecule has 0 aliphatic carbocycles. The lowest BCUT2D eigenvalue weighted by Gasteiger charge is -2.04. The predicted molar refractivity (Wildman–Crippen MR) is 81.6 cm³/mol. The second-order valence-electron chi connectivity index (χ2n) is 4.23. The monoisotopic (exact) mass is 315 g/mol. The van der Waals surface area contributed by atoms with Crippen molar-refractivity contribution >= 4 is 36.7 Å². The molecule has 1 heterocycles. The Morgan fingerprint density at radius 2 is 1.81 bits per heavy atom. The fourth-order valence-corrected chi connectivity index (χ4v) is 3.90. The molecule has 3 aromatic rings. The highest BCUT2D eigenvalue weighted by Crippen LogP contribution is 2.27. The van der Waals surface area contributed by atoms with Crippen molar-refractivity contribution < 1.29 is 8.42 Å². The van der Waals surface area contributed by atoms with E-state index >= 15 is 0 Å². The summed E-state index contributed by atoms with van der Waals surface area (Å²) in [5, 5.41) is 9.04. The molecule has 0 radical (unpaired) electrons. The maximum Gasteiger partial charge on any atom is 0.263 e. The average molecular weight is 315 g/mol. The molecule has 21 heavy (non-hydrogen) atoms. The minimum absolute atomic E-state index is 0.0979. The molecular formula is C14H9N3O2S2. The van der Waals surface area contributed by atoms with E-state index in [2.05, 4.69) is 9.71 Å². The number of rotatable bonds is 3. The molecule has 0 atom stereocenters. The molecule has 0 aliphatic heterocycles. The summed E-state index contributed by atoms with van der Waals surface area (Å²) >= 11 is 1.27. The van der Waals surface area contributed by atoms with Gasteiger partial charge in [0, 0.05) is 0 Å². The lowest BCUT2D eigenvalue weighted by molar-refractivity contribution is 0.601. The van der Waals surface area contributed by atoms with Crippen LogP contribution in [-0.2, 0) is 10.0 Å². The average Bonchev–Trinajstić information content (AvgIpc) is 2.88. The second kappa shape index (κ2) is 5.16. The van der Waals surface area contributed by atoms with Crippen molar-refractivity contribution in [3.8, 4) is 6.07 Å². The highest BCUT2D eigenvalue weighted by molar-refractivity contribution is 7.93. The van der Waals surface area contributed by atoms with Crippen LogP contribution >= 0.6 is 11.3 Å². The fourth-order valence-electron chi connectivity index (χ4n) is 1.80. The summed E-state index contributed by atoms with van der Waals surface area (Å²) in [6.45, 7) is 0. The first-order valence-corrected chi connectivity index (χ1v) is 8.27. The minimum atomic E-state index is -3.70. The number of nitrogens with zero attached hydrogens (tertiary/aromatic N) is 2. The van der Waals surface area contributed by atoms with Gasteiger partial charge in [-0.25, -0.2) is 13.4 Å². The largest absolute Gasteiger partial charge is 0.263 e. The van der Waals surface area contributed by atoms with Gasteiger partial charge in [0.1, 0.15) is 0 Å². The number of para-hydroxylation sites is 1. The zero-order valence-corrected chi connectivity index (χ0v) is 12.3. The molecule has 0 unspecified atom stereocenters. The van der Waals surface area contributed by atoms with Crippen molar-refractivity contribution in [1.82, 2.24) is 4.98 Å². The molecule has 0 spiro atoms. The molecule has 5 nitrogen and oxygen atoms in total. The van der Waals surface area contributed by atoms with Crippen LogP contribution in [0.2, 0.25) is 0 Å².